The summed E-state index contributed by atoms with van der Waals surface area (Å²) in [4.78, 5) is 14.1. The second-order valence-corrected chi connectivity index (χ2v) is 4.52. The second kappa shape index (κ2) is 6.64. The molecule has 1 aliphatic rings. The number of aliphatic hydroxyl groups excluding tert-OH is 1. The predicted molar refractivity (Wildman–Crippen MR) is 68.7 cm³/mol. The molecule has 0 spiro atoms. The maximum atomic E-state index is 11.9. The van der Waals surface area contributed by atoms with Crippen molar-refractivity contribution in [3.8, 4) is 0 Å². The molecule has 1 atom stereocenters. The van der Waals surface area contributed by atoms with Crippen LogP contribution < -0.4 is 0 Å². The summed E-state index contributed by atoms with van der Waals surface area (Å²) in [5.41, 5.74) is 0.768. The minimum absolute atomic E-state index is 0.0448. The first kappa shape index (κ1) is 13.2. The van der Waals surface area contributed by atoms with Gasteiger partial charge in [-0.05, 0) is 0 Å². The quantitative estimate of drug-likeness (QED) is 0.789. The highest BCUT2D eigenvalue weighted by Gasteiger charge is 2.20. The van der Waals surface area contributed by atoms with Gasteiger partial charge in [-0.25, -0.2) is 0 Å². The molecule has 1 unspecified atom stereocenters. The van der Waals surface area contributed by atoms with Gasteiger partial charge in [0, 0.05) is 31.6 Å². The molecule has 4 nitrogen and oxygen atoms in total. The molecule has 0 radical (unpaired) electrons. The van der Waals surface area contributed by atoms with Gasteiger partial charge >= 0.3 is 0 Å². The normalized spacial score (nSPS) is 20.8. The van der Waals surface area contributed by atoms with E-state index < -0.39 is 0 Å². The van der Waals surface area contributed by atoms with Crippen molar-refractivity contribution in [3.63, 3.8) is 0 Å². The number of hydrogen-bond acceptors (Lipinski definition) is 4. The minimum Gasteiger partial charge on any atom is -0.394 e. The zero-order valence-electron chi connectivity index (χ0n) is 10.4. The van der Waals surface area contributed by atoms with Crippen molar-refractivity contribution in [1.29, 1.82) is 0 Å². The summed E-state index contributed by atoms with van der Waals surface area (Å²) in [6.07, 6.45) is 0.410. The highest BCUT2D eigenvalue weighted by Crippen LogP contribution is 2.08. The van der Waals surface area contributed by atoms with Crippen LogP contribution in [0.25, 0.3) is 0 Å². The molecule has 98 valence electrons. The van der Waals surface area contributed by atoms with E-state index in [2.05, 4.69) is 4.90 Å². The van der Waals surface area contributed by atoms with Crippen LogP contribution in [0.3, 0.4) is 0 Å². The lowest BCUT2D eigenvalue weighted by Gasteiger charge is -2.31. The lowest BCUT2D eigenvalue weighted by atomic mass is 10.1. The van der Waals surface area contributed by atoms with Crippen LogP contribution in [-0.4, -0.2) is 54.7 Å². The Kier molecular flexibility index (Phi) is 4.87. The molecule has 1 aromatic rings. The Morgan fingerprint density at radius 3 is 2.89 bits per heavy atom. The third-order valence-corrected chi connectivity index (χ3v) is 3.18. The first-order valence-electron chi connectivity index (χ1n) is 6.32. The molecule has 1 N–H and O–H groups in total. The topological polar surface area (TPSA) is 49.8 Å². The van der Waals surface area contributed by atoms with Crippen LogP contribution >= 0.6 is 0 Å². The molecule has 1 fully saturated rings. The molecule has 0 amide bonds. The molecule has 1 heterocycles. The van der Waals surface area contributed by atoms with E-state index in [-0.39, 0.29) is 18.5 Å². The van der Waals surface area contributed by atoms with E-state index in [0.29, 0.717) is 19.6 Å². The summed E-state index contributed by atoms with van der Waals surface area (Å²) in [6, 6.07) is 9.36. The molecule has 1 aromatic carbocycles. The third kappa shape index (κ3) is 3.63. The van der Waals surface area contributed by atoms with Crippen LogP contribution in [0.15, 0.2) is 30.3 Å². The Bertz CT molecular complexity index is 380. The van der Waals surface area contributed by atoms with E-state index in [0.717, 1.165) is 18.7 Å². The van der Waals surface area contributed by atoms with E-state index in [4.69, 9.17) is 9.84 Å². The number of Topliss-reactive ketones (excluding diaryl/α,β-unsaturated/α-hetero) is 1. The van der Waals surface area contributed by atoms with E-state index in [1.54, 1.807) is 0 Å². The van der Waals surface area contributed by atoms with Crippen LogP contribution in [0.2, 0.25) is 0 Å². The van der Waals surface area contributed by atoms with Crippen molar-refractivity contribution < 1.29 is 14.6 Å². The minimum atomic E-state index is -0.106. The lowest BCUT2D eigenvalue weighted by Crippen LogP contribution is -2.44. The predicted octanol–water partition coefficient (Wildman–Crippen LogP) is 0.952. The fourth-order valence-electron chi connectivity index (χ4n) is 2.12. The molecule has 0 saturated carbocycles. The third-order valence-electron chi connectivity index (χ3n) is 3.18. The van der Waals surface area contributed by atoms with Crippen molar-refractivity contribution in [2.75, 3.05) is 32.8 Å². The highest BCUT2D eigenvalue weighted by molar-refractivity contribution is 5.96. The van der Waals surface area contributed by atoms with Crippen molar-refractivity contribution in [1.82, 2.24) is 4.90 Å². The van der Waals surface area contributed by atoms with Crippen molar-refractivity contribution in [3.05, 3.63) is 35.9 Å². The van der Waals surface area contributed by atoms with Gasteiger partial charge < -0.3 is 9.84 Å². The Balaban J connectivity index is 1.79. The smallest absolute Gasteiger partial charge is 0.164 e. The molecule has 0 aromatic heterocycles. The largest absolute Gasteiger partial charge is 0.394 e. The maximum absolute atomic E-state index is 11.9. The zero-order valence-corrected chi connectivity index (χ0v) is 10.4. The van der Waals surface area contributed by atoms with E-state index >= 15 is 0 Å². The van der Waals surface area contributed by atoms with Gasteiger partial charge in [-0.1, -0.05) is 30.3 Å². The second-order valence-electron chi connectivity index (χ2n) is 4.52. The zero-order chi connectivity index (χ0) is 12.8. The summed E-state index contributed by atoms with van der Waals surface area (Å²) < 4.78 is 5.37. The van der Waals surface area contributed by atoms with Gasteiger partial charge in [0.15, 0.2) is 5.78 Å². The summed E-state index contributed by atoms with van der Waals surface area (Å²) in [6.45, 7) is 2.94. The Morgan fingerprint density at radius 1 is 1.39 bits per heavy atom. The molecule has 0 aliphatic carbocycles. The van der Waals surface area contributed by atoms with Gasteiger partial charge in [0.2, 0.25) is 0 Å². The van der Waals surface area contributed by atoms with E-state index in [9.17, 15) is 4.79 Å². The Morgan fingerprint density at radius 2 is 2.17 bits per heavy atom. The molecule has 2 rings (SSSR count). The van der Waals surface area contributed by atoms with Crippen LogP contribution in [0.4, 0.5) is 0 Å². The van der Waals surface area contributed by atoms with Crippen LogP contribution in [0.5, 0.6) is 0 Å². The molecule has 1 aliphatic heterocycles. The number of carbonyl (C=O) groups is 1. The monoisotopic (exact) mass is 249 g/mol. The van der Waals surface area contributed by atoms with Gasteiger partial charge in [0.05, 0.1) is 19.3 Å². The van der Waals surface area contributed by atoms with E-state index in [1.807, 2.05) is 30.3 Å². The number of nitrogens with zero attached hydrogens (tertiary/aromatic N) is 1. The number of morpholine rings is 1. The first-order chi connectivity index (χ1) is 8.79. The van der Waals surface area contributed by atoms with Crippen molar-refractivity contribution in [2.45, 2.75) is 12.5 Å². The lowest BCUT2D eigenvalue weighted by molar-refractivity contribution is -0.0523. The summed E-state index contributed by atoms with van der Waals surface area (Å²) >= 11 is 0. The Labute approximate surface area is 107 Å². The van der Waals surface area contributed by atoms with Gasteiger partial charge in [-0.3, -0.25) is 9.69 Å². The molecular formula is C14H19NO3. The number of hydrogen-bond donors (Lipinski definition) is 1. The number of carbonyl (C=O) groups excluding carboxylic acids is 1. The highest BCUT2D eigenvalue weighted by atomic mass is 16.5. The number of aliphatic hydroxyl groups is 1. The molecular weight excluding hydrogens is 230 g/mol. The van der Waals surface area contributed by atoms with Crippen LogP contribution in [0.1, 0.15) is 16.8 Å². The maximum Gasteiger partial charge on any atom is 0.164 e. The van der Waals surface area contributed by atoms with Gasteiger partial charge in [0.25, 0.3) is 0 Å². The standard InChI is InChI=1S/C14H19NO3/c16-11-13-10-15(8-9-18-13)7-6-14(17)12-4-2-1-3-5-12/h1-5,13,16H,6-11H2. The molecule has 1 saturated heterocycles. The molecule has 18 heavy (non-hydrogen) atoms. The van der Waals surface area contributed by atoms with Gasteiger partial charge in [-0.2, -0.15) is 0 Å². The summed E-state index contributed by atoms with van der Waals surface area (Å²) in [5, 5.41) is 9.05. The number of rotatable bonds is 5. The van der Waals surface area contributed by atoms with Crippen LogP contribution in [-0.2, 0) is 4.74 Å². The van der Waals surface area contributed by atoms with Gasteiger partial charge in [0.1, 0.15) is 0 Å². The number of benzene rings is 1. The van der Waals surface area contributed by atoms with Crippen molar-refractivity contribution >= 4 is 5.78 Å². The fraction of sp³-hybridized carbons (Fsp3) is 0.500. The number of ether oxygens (including phenoxy) is 1. The first-order valence-corrected chi connectivity index (χ1v) is 6.32. The number of ketones is 1. The van der Waals surface area contributed by atoms with Gasteiger partial charge in [-0.15, -0.1) is 0 Å². The van der Waals surface area contributed by atoms with Crippen LogP contribution in [0, 0.1) is 0 Å². The average molecular weight is 249 g/mol. The average Bonchev–Trinajstić information content (AvgIpc) is 2.46. The molecule has 0 bridgehead atoms. The molecule has 4 heteroatoms. The Hall–Kier alpha value is -1.23. The van der Waals surface area contributed by atoms with E-state index in [1.165, 1.54) is 0 Å². The summed E-state index contributed by atoms with van der Waals surface area (Å²) in [5.74, 6) is 0.169. The fourth-order valence-corrected chi connectivity index (χ4v) is 2.12. The SMILES string of the molecule is O=C(CCN1CCOC(CO)C1)c1ccccc1. The van der Waals surface area contributed by atoms with Crippen molar-refractivity contribution in [2.24, 2.45) is 0 Å². The summed E-state index contributed by atoms with van der Waals surface area (Å²) in [7, 11) is 0.